The molecule has 3 N–H and O–H groups in total. The molecule has 0 fully saturated rings. The second-order valence-electron chi connectivity index (χ2n) is 8.90. The first-order valence-corrected chi connectivity index (χ1v) is 14.3. The van der Waals surface area contributed by atoms with Crippen LogP contribution >= 0.6 is 0 Å². The fourth-order valence-electron chi connectivity index (χ4n) is 3.37. The zero-order valence-corrected chi connectivity index (χ0v) is 23.7. The Morgan fingerprint density at radius 1 is 0.718 bits per heavy atom. The summed E-state index contributed by atoms with van der Waals surface area (Å²) in [6.45, 7) is 4.84. The molecule has 0 saturated carbocycles. The van der Waals surface area contributed by atoms with Gasteiger partial charge in [-0.25, -0.2) is 0 Å². The fraction of sp³-hybridized carbons (Fsp3) is 0.424. The van der Waals surface area contributed by atoms with Crippen molar-refractivity contribution in [3.8, 4) is 0 Å². The second-order valence-corrected chi connectivity index (χ2v) is 8.90. The van der Waals surface area contributed by atoms with E-state index in [0.29, 0.717) is 31.6 Å². The molecule has 0 atom stereocenters. The monoisotopic (exact) mass is 532 g/mol. The first-order valence-electron chi connectivity index (χ1n) is 14.3. The number of nitrogens with one attached hydrogen (secondary N) is 3. The lowest BCUT2D eigenvalue weighted by Crippen LogP contribution is -2.33. The third-order valence-corrected chi connectivity index (χ3v) is 5.50. The van der Waals surface area contributed by atoms with Gasteiger partial charge in [0.15, 0.2) is 0 Å². The van der Waals surface area contributed by atoms with Gasteiger partial charge in [0.25, 0.3) is 5.91 Å². The van der Waals surface area contributed by atoms with Gasteiger partial charge in [0, 0.05) is 38.4 Å². The van der Waals surface area contributed by atoms with Gasteiger partial charge in [-0.1, -0.05) is 79.8 Å². The number of hydrogen-bond donors (Lipinski definition) is 3. The van der Waals surface area contributed by atoms with Gasteiger partial charge in [-0.05, 0) is 70.0 Å². The molecule has 0 radical (unpaired) electrons. The van der Waals surface area contributed by atoms with E-state index in [1.54, 1.807) is 24.5 Å². The number of pyridine rings is 1. The summed E-state index contributed by atoms with van der Waals surface area (Å²) in [6, 6.07) is 3.49. The van der Waals surface area contributed by atoms with Crippen LogP contribution in [-0.2, 0) is 4.79 Å². The summed E-state index contributed by atoms with van der Waals surface area (Å²) in [6.07, 6.45) is 37.3. The van der Waals surface area contributed by atoms with Crippen LogP contribution in [0.2, 0.25) is 0 Å². The molecule has 1 aromatic heterocycles. The first-order chi connectivity index (χ1) is 19.2. The van der Waals surface area contributed by atoms with Gasteiger partial charge in [0.2, 0.25) is 5.91 Å². The van der Waals surface area contributed by atoms with Gasteiger partial charge in [-0.3, -0.25) is 14.6 Å². The summed E-state index contributed by atoms with van der Waals surface area (Å²) >= 11 is 0. The smallest absolute Gasteiger partial charge is 0.252 e. The number of amides is 2. The van der Waals surface area contributed by atoms with E-state index in [9.17, 15) is 9.59 Å². The van der Waals surface area contributed by atoms with Crippen molar-refractivity contribution in [3.63, 3.8) is 0 Å². The molecule has 39 heavy (non-hydrogen) atoms. The number of carbonyl (C=O) groups is 2. The van der Waals surface area contributed by atoms with Crippen LogP contribution in [0.15, 0.2) is 97.4 Å². The SMILES string of the molecule is CC/C=C\C/C=C\C/C=C\C/C=C\C/C=C\C/C=C\CCC(=O)NCCNCCCNC(=O)c1cccnc1. The highest BCUT2D eigenvalue weighted by Crippen LogP contribution is 1.98. The zero-order valence-electron chi connectivity index (χ0n) is 23.7. The average molecular weight is 533 g/mol. The van der Waals surface area contributed by atoms with Crippen LogP contribution in [0.4, 0.5) is 0 Å². The van der Waals surface area contributed by atoms with E-state index in [0.717, 1.165) is 57.9 Å². The standard InChI is InChI=1S/C33H48N4O2/c1-2-3-4-5-6-7-8-9-10-11-12-13-14-15-16-17-18-19-20-24-32(38)36-29-28-34-26-22-27-37-33(39)31-23-21-25-35-30-31/h3-4,6-7,9-10,12-13,15-16,18-19,21,23,25,30,34H,2,5,8,11,14,17,20,22,24,26-29H2,1H3,(H,36,38)(H,37,39)/b4-3-,7-6-,10-9-,13-12-,16-15-,19-18-. The highest BCUT2D eigenvalue weighted by molar-refractivity contribution is 5.93. The van der Waals surface area contributed by atoms with E-state index in [2.05, 4.69) is 101 Å². The topological polar surface area (TPSA) is 83.1 Å². The molecule has 2 amide bonds. The number of hydrogen-bond acceptors (Lipinski definition) is 4. The van der Waals surface area contributed by atoms with Crippen molar-refractivity contribution < 1.29 is 9.59 Å². The molecule has 6 nitrogen and oxygen atoms in total. The van der Waals surface area contributed by atoms with E-state index in [1.165, 1.54) is 0 Å². The molecule has 6 heteroatoms. The Bertz CT molecular complexity index is 930. The number of aromatic nitrogens is 1. The van der Waals surface area contributed by atoms with Gasteiger partial charge in [-0.2, -0.15) is 0 Å². The van der Waals surface area contributed by atoms with Gasteiger partial charge < -0.3 is 16.0 Å². The maximum absolute atomic E-state index is 11.9. The molecule has 1 aromatic rings. The fourth-order valence-corrected chi connectivity index (χ4v) is 3.37. The Morgan fingerprint density at radius 3 is 1.87 bits per heavy atom. The molecule has 1 heterocycles. The summed E-state index contributed by atoms with van der Waals surface area (Å²) in [5.74, 6) is -0.0395. The normalized spacial score (nSPS) is 12.2. The van der Waals surface area contributed by atoms with Gasteiger partial charge in [0.05, 0.1) is 5.56 Å². The lowest BCUT2D eigenvalue weighted by molar-refractivity contribution is -0.120. The molecule has 0 aliphatic heterocycles. The third kappa shape index (κ3) is 22.2. The van der Waals surface area contributed by atoms with Gasteiger partial charge in [-0.15, -0.1) is 0 Å². The minimum Gasteiger partial charge on any atom is -0.355 e. The summed E-state index contributed by atoms with van der Waals surface area (Å²) in [5, 5.41) is 9.07. The average Bonchev–Trinajstić information content (AvgIpc) is 2.96. The van der Waals surface area contributed by atoms with Crippen LogP contribution in [-0.4, -0.2) is 43.0 Å². The summed E-state index contributed by atoms with van der Waals surface area (Å²) in [4.78, 5) is 27.7. The van der Waals surface area contributed by atoms with Crippen molar-refractivity contribution in [2.75, 3.05) is 26.2 Å². The Balaban J connectivity index is 1.89. The molecule has 0 bridgehead atoms. The Labute approximate surface area is 236 Å². The first kappa shape index (κ1) is 33.5. The number of carbonyl (C=O) groups excluding carboxylic acids is 2. The van der Waals surface area contributed by atoms with Crippen LogP contribution in [0.5, 0.6) is 0 Å². The van der Waals surface area contributed by atoms with Crippen LogP contribution in [0, 0.1) is 0 Å². The maximum Gasteiger partial charge on any atom is 0.252 e. The second kappa shape index (κ2) is 26.1. The lowest BCUT2D eigenvalue weighted by atomic mass is 10.2. The van der Waals surface area contributed by atoms with Crippen LogP contribution < -0.4 is 16.0 Å². The van der Waals surface area contributed by atoms with Gasteiger partial charge >= 0.3 is 0 Å². The molecular weight excluding hydrogens is 484 g/mol. The van der Waals surface area contributed by atoms with E-state index in [-0.39, 0.29) is 11.8 Å². The molecule has 0 saturated heterocycles. The van der Waals surface area contributed by atoms with Crippen molar-refractivity contribution in [2.45, 2.75) is 64.7 Å². The Morgan fingerprint density at radius 2 is 1.31 bits per heavy atom. The van der Waals surface area contributed by atoms with E-state index < -0.39 is 0 Å². The summed E-state index contributed by atoms with van der Waals surface area (Å²) in [5.41, 5.74) is 0.567. The number of nitrogens with zero attached hydrogens (tertiary/aromatic N) is 1. The molecule has 0 aliphatic rings. The minimum absolute atomic E-state index is 0.0695. The van der Waals surface area contributed by atoms with Crippen molar-refractivity contribution in [1.82, 2.24) is 20.9 Å². The predicted molar refractivity (Wildman–Crippen MR) is 165 cm³/mol. The van der Waals surface area contributed by atoms with E-state index in [4.69, 9.17) is 0 Å². The van der Waals surface area contributed by atoms with Crippen molar-refractivity contribution >= 4 is 11.8 Å². The maximum atomic E-state index is 11.9. The molecule has 0 spiro atoms. The molecule has 1 rings (SSSR count). The highest BCUT2D eigenvalue weighted by atomic mass is 16.2. The molecule has 212 valence electrons. The number of allylic oxidation sites excluding steroid dienone is 12. The Hall–Kier alpha value is -3.51. The lowest BCUT2D eigenvalue weighted by Gasteiger charge is -2.07. The third-order valence-electron chi connectivity index (χ3n) is 5.50. The Kier molecular flexibility index (Phi) is 22.4. The molecular formula is C33H48N4O2. The van der Waals surface area contributed by atoms with Gasteiger partial charge in [0.1, 0.15) is 0 Å². The van der Waals surface area contributed by atoms with Crippen molar-refractivity contribution in [1.29, 1.82) is 0 Å². The summed E-state index contributed by atoms with van der Waals surface area (Å²) in [7, 11) is 0. The van der Waals surface area contributed by atoms with Crippen LogP contribution in [0.1, 0.15) is 75.1 Å². The molecule has 0 aliphatic carbocycles. The molecule has 0 unspecified atom stereocenters. The summed E-state index contributed by atoms with van der Waals surface area (Å²) < 4.78 is 0. The number of rotatable bonds is 22. The van der Waals surface area contributed by atoms with Crippen molar-refractivity contribution in [3.05, 3.63) is 103 Å². The zero-order chi connectivity index (χ0) is 28.1. The van der Waals surface area contributed by atoms with E-state index >= 15 is 0 Å². The predicted octanol–water partition coefficient (Wildman–Crippen LogP) is 6.39. The van der Waals surface area contributed by atoms with Crippen LogP contribution in [0.3, 0.4) is 0 Å². The van der Waals surface area contributed by atoms with E-state index in [1.807, 2.05) is 0 Å². The quantitative estimate of drug-likeness (QED) is 0.119. The largest absolute Gasteiger partial charge is 0.355 e. The highest BCUT2D eigenvalue weighted by Gasteiger charge is 2.03. The van der Waals surface area contributed by atoms with Crippen LogP contribution in [0.25, 0.3) is 0 Å². The van der Waals surface area contributed by atoms with Crippen molar-refractivity contribution in [2.24, 2.45) is 0 Å². The minimum atomic E-state index is -0.109. The molecule has 0 aromatic carbocycles.